The Hall–Kier alpha value is -0.810. The smallest absolute Gasteiger partial charge is 0.338 e. The van der Waals surface area contributed by atoms with Crippen molar-refractivity contribution in [2.75, 3.05) is 29.6 Å². The van der Waals surface area contributed by atoms with Crippen LogP contribution in [0.2, 0.25) is 0 Å². The van der Waals surface area contributed by atoms with E-state index in [1.807, 2.05) is 36.2 Å². The number of hydrogen-bond donors (Lipinski definition) is 2. The van der Waals surface area contributed by atoms with Crippen LogP contribution in [0.4, 0.5) is 5.69 Å². The predicted molar refractivity (Wildman–Crippen MR) is 79.1 cm³/mol. The lowest BCUT2D eigenvalue weighted by Crippen LogP contribution is -2.16. The summed E-state index contributed by atoms with van der Waals surface area (Å²) in [6.45, 7) is 0.866. The van der Waals surface area contributed by atoms with Gasteiger partial charge in [0.1, 0.15) is 0 Å². The number of aromatic carboxylic acids is 1. The Morgan fingerprint density at radius 1 is 1.61 bits per heavy atom. The van der Waals surface area contributed by atoms with Gasteiger partial charge in [-0.3, -0.25) is 0 Å². The minimum absolute atomic E-state index is 0.399. The zero-order chi connectivity index (χ0) is 13.0. The molecule has 1 aliphatic heterocycles. The van der Waals surface area contributed by atoms with E-state index in [9.17, 15) is 9.90 Å². The van der Waals surface area contributed by atoms with E-state index in [0.29, 0.717) is 11.5 Å². The van der Waals surface area contributed by atoms with Gasteiger partial charge in [-0.25, -0.2) is 4.79 Å². The Morgan fingerprint density at radius 2 is 2.44 bits per heavy atom. The lowest BCUT2D eigenvalue weighted by Gasteiger charge is -2.15. The second-order valence-electron chi connectivity index (χ2n) is 4.30. The van der Waals surface area contributed by atoms with Crippen LogP contribution in [0.1, 0.15) is 16.8 Å². The van der Waals surface area contributed by atoms with Crippen LogP contribution in [0.5, 0.6) is 0 Å². The van der Waals surface area contributed by atoms with Gasteiger partial charge in [-0.15, -0.1) is 11.8 Å². The molecule has 0 bridgehead atoms. The summed E-state index contributed by atoms with van der Waals surface area (Å²) in [5, 5.41) is 12.6. The maximum absolute atomic E-state index is 11.3. The van der Waals surface area contributed by atoms with E-state index in [-0.39, 0.29) is 0 Å². The maximum atomic E-state index is 11.3. The summed E-state index contributed by atoms with van der Waals surface area (Å²) in [6, 6.07) is 5.61. The highest BCUT2D eigenvalue weighted by atomic mass is 32.2. The van der Waals surface area contributed by atoms with Gasteiger partial charge >= 0.3 is 5.97 Å². The first-order chi connectivity index (χ1) is 8.72. The van der Waals surface area contributed by atoms with Crippen molar-refractivity contribution in [3.8, 4) is 0 Å². The molecule has 18 heavy (non-hydrogen) atoms. The van der Waals surface area contributed by atoms with E-state index in [2.05, 4.69) is 5.32 Å². The highest BCUT2D eigenvalue weighted by molar-refractivity contribution is 7.99. The van der Waals surface area contributed by atoms with Crippen LogP contribution in [0, 0.1) is 5.92 Å². The molecule has 1 saturated heterocycles. The van der Waals surface area contributed by atoms with Gasteiger partial charge in [-0.1, -0.05) is 6.07 Å². The Balaban J connectivity index is 2.13. The Kier molecular flexibility index (Phi) is 4.83. The molecule has 1 aliphatic rings. The van der Waals surface area contributed by atoms with E-state index in [4.69, 9.17) is 0 Å². The third kappa shape index (κ3) is 3.14. The van der Waals surface area contributed by atoms with Crippen LogP contribution in [0.25, 0.3) is 0 Å². The van der Waals surface area contributed by atoms with Gasteiger partial charge < -0.3 is 10.4 Å². The molecule has 0 spiro atoms. The number of carboxylic acids is 1. The van der Waals surface area contributed by atoms with Crippen molar-refractivity contribution < 1.29 is 9.90 Å². The van der Waals surface area contributed by atoms with E-state index in [1.54, 1.807) is 0 Å². The molecular formula is C13H17NO2S2. The van der Waals surface area contributed by atoms with Gasteiger partial charge in [0.05, 0.1) is 5.56 Å². The maximum Gasteiger partial charge on any atom is 0.338 e. The molecule has 2 rings (SSSR count). The first-order valence-corrected chi connectivity index (χ1v) is 8.32. The third-order valence-electron chi connectivity index (χ3n) is 3.07. The monoisotopic (exact) mass is 283 g/mol. The highest BCUT2D eigenvalue weighted by Gasteiger charge is 2.18. The molecular weight excluding hydrogens is 266 g/mol. The molecule has 0 aliphatic carbocycles. The van der Waals surface area contributed by atoms with E-state index in [0.717, 1.165) is 17.1 Å². The highest BCUT2D eigenvalue weighted by Crippen LogP contribution is 2.29. The second-order valence-corrected chi connectivity index (χ2v) is 6.30. The van der Waals surface area contributed by atoms with Gasteiger partial charge in [0.25, 0.3) is 0 Å². The van der Waals surface area contributed by atoms with E-state index < -0.39 is 5.97 Å². The van der Waals surface area contributed by atoms with Crippen molar-refractivity contribution in [3.63, 3.8) is 0 Å². The summed E-state index contributed by atoms with van der Waals surface area (Å²) in [5.41, 5.74) is 1.14. The SMILES string of the molecule is CSc1cccc(NCC2CCSC2)c1C(=O)O. The molecule has 1 fully saturated rings. The van der Waals surface area contributed by atoms with Gasteiger partial charge in [0.2, 0.25) is 0 Å². The first-order valence-electron chi connectivity index (χ1n) is 5.94. The molecule has 0 saturated carbocycles. The number of benzene rings is 1. The molecule has 3 nitrogen and oxygen atoms in total. The molecule has 1 unspecified atom stereocenters. The third-order valence-corrected chi connectivity index (χ3v) is 5.08. The quantitative estimate of drug-likeness (QED) is 0.812. The topological polar surface area (TPSA) is 49.3 Å². The fraction of sp³-hybridized carbons (Fsp3) is 0.462. The Labute approximate surface area is 116 Å². The predicted octanol–water partition coefficient (Wildman–Crippen LogP) is 3.27. The van der Waals surface area contributed by atoms with Gasteiger partial charge in [-0.2, -0.15) is 11.8 Å². The summed E-state index contributed by atoms with van der Waals surface area (Å²) in [5.74, 6) is 2.21. The van der Waals surface area contributed by atoms with Crippen LogP contribution < -0.4 is 5.32 Å². The van der Waals surface area contributed by atoms with Crippen molar-refractivity contribution in [1.82, 2.24) is 0 Å². The van der Waals surface area contributed by atoms with Crippen LogP contribution in [0.3, 0.4) is 0 Å². The van der Waals surface area contributed by atoms with Crippen molar-refractivity contribution in [2.24, 2.45) is 5.92 Å². The molecule has 98 valence electrons. The molecule has 0 amide bonds. The summed E-state index contributed by atoms with van der Waals surface area (Å²) < 4.78 is 0. The van der Waals surface area contributed by atoms with Crippen molar-refractivity contribution >= 4 is 35.2 Å². The number of anilines is 1. The molecule has 1 atom stereocenters. The van der Waals surface area contributed by atoms with Crippen LogP contribution >= 0.6 is 23.5 Å². The fourth-order valence-corrected chi connectivity index (χ4v) is 3.97. The number of rotatable bonds is 5. The van der Waals surface area contributed by atoms with Crippen molar-refractivity contribution in [3.05, 3.63) is 23.8 Å². The van der Waals surface area contributed by atoms with E-state index in [1.165, 1.54) is 29.7 Å². The van der Waals surface area contributed by atoms with Gasteiger partial charge in [0, 0.05) is 17.1 Å². The lowest BCUT2D eigenvalue weighted by atomic mass is 10.1. The number of carbonyl (C=O) groups is 1. The minimum Gasteiger partial charge on any atom is -0.478 e. The average molecular weight is 283 g/mol. The minimum atomic E-state index is -0.858. The standard InChI is InChI=1S/C13H17NO2S2/c1-17-11-4-2-3-10(12(11)13(15)16)14-7-9-5-6-18-8-9/h2-4,9,14H,5-8H2,1H3,(H,15,16). The van der Waals surface area contributed by atoms with Crippen molar-refractivity contribution in [2.45, 2.75) is 11.3 Å². The zero-order valence-electron chi connectivity index (χ0n) is 10.3. The van der Waals surface area contributed by atoms with Crippen molar-refractivity contribution in [1.29, 1.82) is 0 Å². The molecule has 1 aromatic carbocycles. The Bertz CT molecular complexity index is 431. The Morgan fingerprint density at radius 3 is 3.06 bits per heavy atom. The normalized spacial score (nSPS) is 18.8. The van der Waals surface area contributed by atoms with E-state index >= 15 is 0 Å². The number of carboxylic acid groups (broad SMARTS) is 1. The second kappa shape index (κ2) is 6.38. The molecule has 1 heterocycles. The van der Waals surface area contributed by atoms with Gasteiger partial charge in [-0.05, 0) is 42.2 Å². The van der Waals surface area contributed by atoms with Crippen LogP contribution in [-0.4, -0.2) is 35.4 Å². The zero-order valence-corrected chi connectivity index (χ0v) is 11.9. The molecule has 0 radical (unpaired) electrons. The van der Waals surface area contributed by atoms with Crippen LogP contribution in [0.15, 0.2) is 23.1 Å². The molecule has 2 N–H and O–H groups in total. The number of thioether (sulfide) groups is 2. The lowest BCUT2D eigenvalue weighted by molar-refractivity contribution is 0.0694. The average Bonchev–Trinajstić information content (AvgIpc) is 2.88. The molecule has 1 aromatic rings. The molecule has 5 heteroatoms. The van der Waals surface area contributed by atoms with Gasteiger partial charge in [0.15, 0.2) is 0 Å². The first kappa shape index (κ1) is 13.6. The number of hydrogen-bond acceptors (Lipinski definition) is 4. The summed E-state index contributed by atoms with van der Waals surface area (Å²) in [4.78, 5) is 12.2. The molecule has 0 aromatic heterocycles. The summed E-state index contributed by atoms with van der Waals surface area (Å²) in [6.07, 6.45) is 3.13. The number of nitrogens with one attached hydrogen (secondary N) is 1. The fourth-order valence-electron chi connectivity index (χ4n) is 2.07. The summed E-state index contributed by atoms with van der Waals surface area (Å²) >= 11 is 3.45. The van der Waals surface area contributed by atoms with Crippen LogP contribution in [-0.2, 0) is 0 Å². The summed E-state index contributed by atoms with van der Waals surface area (Å²) in [7, 11) is 0. The largest absolute Gasteiger partial charge is 0.478 e.